The van der Waals surface area contributed by atoms with Crippen molar-refractivity contribution in [2.75, 3.05) is 5.73 Å². The summed E-state index contributed by atoms with van der Waals surface area (Å²) in [6.45, 7) is -0.0807. The van der Waals surface area contributed by atoms with Gasteiger partial charge in [-0.15, -0.1) is 10.2 Å². The quantitative estimate of drug-likeness (QED) is 0.771. The molecule has 0 amide bonds. The van der Waals surface area contributed by atoms with Gasteiger partial charge in [0.2, 0.25) is 10.0 Å². The average Bonchev–Trinajstić information content (AvgIpc) is 2.72. The molecule has 2 aromatic rings. The van der Waals surface area contributed by atoms with Crippen LogP contribution in [-0.4, -0.2) is 23.2 Å². The van der Waals surface area contributed by atoms with Gasteiger partial charge in [-0.1, -0.05) is 0 Å². The molecule has 0 aliphatic carbocycles. The maximum atomic E-state index is 13.6. The molecule has 0 aliphatic heterocycles. The van der Waals surface area contributed by atoms with Crippen LogP contribution in [0.2, 0.25) is 0 Å². The number of hydrogen-bond donors (Lipinski definition) is 2. The summed E-state index contributed by atoms with van der Waals surface area (Å²) in [7, 11) is -2.29. The largest absolute Gasteiger partial charge is 0.399 e. The number of nitrogens with one attached hydrogen (secondary N) is 1. The van der Waals surface area contributed by atoms with Crippen LogP contribution < -0.4 is 10.5 Å². The summed E-state index contributed by atoms with van der Waals surface area (Å²) in [5, 5.41) is 7.33. The Hall–Kier alpha value is -2.00. The molecule has 0 bridgehead atoms. The molecule has 0 aliphatic rings. The highest BCUT2D eigenvalue weighted by molar-refractivity contribution is 7.89. The molecule has 1 aromatic heterocycles. The molecule has 0 saturated heterocycles. The summed E-state index contributed by atoms with van der Waals surface area (Å²) in [4.78, 5) is -0.455. The second kappa shape index (κ2) is 4.94. The molecular weight excluding hydrogens is 273 g/mol. The van der Waals surface area contributed by atoms with E-state index in [-0.39, 0.29) is 12.2 Å². The molecule has 102 valence electrons. The van der Waals surface area contributed by atoms with Gasteiger partial charge >= 0.3 is 0 Å². The number of halogens is 1. The zero-order valence-corrected chi connectivity index (χ0v) is 10.9. The summed E-state index contributed by atoms with van der Waals surface area (Å²) in [5.41, 5.74) is 5.52. The van der Waals surface area contributed by atoms with Gasteiger partial charge in [-0.05, 0) is 18.2 Å². The Balaban J connectivity index is 2.21. The Morgan fingerprint density at radius 2 is 2.21 bits per heavy atom. The fourth-order valence-corrected chi connectivity index (χ4v) is 2.48. The SMILES string of the molecule is Cn1cnnc1CNS(=O)(=O)c1ccc(N)cc1F. The molecule has 0 radical (unpaired) electrons. The molecule has 19 heavy (non-hydrogen) atoms. The van der Waals surface area contributed by atoms with Gasteiger partial charge in [0.05, 0.1) is 6.54 Å². The Morgan fingerprint density at radius 3 is 2.79 bits per heavy atom. The van der Waals surface area contributed by atoms with Gasteiger partial charge in [0.1, 0.15) is 22.9 Å². The van der Waals surface area contributed by atoms with Crippen molar-refractivity contribution in [2.24, 2.45) is 7.05 Å². The highest BCUT2D eigenvalue weighted by atomic mass is 32.2. The number of aromatic nitrogens is 3. The Bertz CT molecular complexity index is 698. The second-order valence-corrected chi connectivity index (χ2v) is 5.61. The number of aryl methyl sites for hydroxylation is 1. The molecule has 0 spiro atoms. The number of benzene rings is 1. The highest BCUT2D eigenvalue weighted by Crippen LogP contribution is 2.17. The molecule has 0 fully saturated rings. The number of nitrogens with zero attached hydrogens (tertiary/aromatic N) is 3. The summed E-state index contributed by atoms with van der Waals surface area (Å²) in [5.74, 6) is -0.482. The second-order valence-electron chi connectivity index (χ2n) is 3.87. The third-order valence-corrected chi connectivity index (χ3v) is 3.91. The minimum absolute atomic E-state index is 0.0807. The van der Waals surface area contributed by atoms with Gasteiger partial charge in [-0.2, -0.15) is 0 Å². The normalized spacial score (nSPS) is 11.7. The maximum Gasteiger partial charge on any atom is 0.243 e. The van der Waals surface area contributed by atoms with Crippen LogP contribution in [0.15, 0.2) is 29.4 Å². The fourth-order valence-electron chi connectivity index (χ4n) is 1.44. The van der Waals surface area contributed by atoms with Crippen LogP contribution in [0.4, 0.5) is 10.1 Å². The van der Waals surface area contributed by atoms with E-state index >= 15 is 0 Å². The van der Waals surface area contributed by atoms with E-state index in [1.165, 1.54) is 12.4 Å². The first-order valence-electron chi connectivity index (χ1n) is 5.28. The highest BCUT2D eigenvalue weighted by Gasteiger charge is 2.19. The van der Waals surface area contributed by atoms with Gasteiger partial charge < -0.3 is 10.3 Å². The monoisotopic (exact) mass is 285 g/mol. The van der Waals surface area contributed by atoms with E-state index in [4.69, 9.17) is 5.73 Å². The summed E-state index contributed by atoms with van der Waals surface area (Å²) >= 11 is 0. The number of hydrogen-bond acceptors (Lipinski definition) is 5. The molecule has 0 saturated carbocycles. The number of rotatable bonds is 4. The third kappa shape index (κ3) is 2.88. The molecular formula is C10H12FN5O2S. The van der Waals surface area contributed by atoms with Crippen molar-refractivity contribution in [1.82, 2.24) is 19.5 Å². The van der Waals surface area contributed by atoms with Crippen LogP contribution in [0.5, 0.6) is 0 Å². The molecule has 0 unspecified atom stereocenters. The van der Waals surface area contributed by atoms with Gasteiger partial charge in [0.25, 0.3) is 0 Å². The zero-order chi connectivity index (χ0) is 14.0. The van der Waals surface area contributed by atoms with Crippen molar-refractivity contribution >= 4 is 15.7 Å². The first-order chi connectivity index (χ1) is 8.90. The number of sulfonamides is 1. The van der Waals surface area contributed by atoms with Gasteiger partial charge in [-0.3, -0.25) is 0 Å². The smallest absolute Gasteiger partial charge is 0.243 e. The molecule has 2 rings (SSSR count). The van der Waals surface area contributed by atoms with Crippen LogP contribution in [-0.2, 0) is 23.6 Å². The van der Waals surface area contributed by atoms with Crippen molar-refractivity contribution in [2.45, 2.75) is 11.4 Å². The van der Waals surface area contributed by atoms with Crippen LogP contribution in [0.25, 0.3) is 0 Å². The van der Waals surface area contributed by atoms with Crippen molar-refractivity contribution in [1.29, 1.82) is 0 Å². The first-order valence-corrected chi connectivity index (χ1v) is 6.76. The van der Waals surface area contributed by atoms with Crippen molar-refractivity contribution < 1.29 is 12.8 Å². The maximum absolute atomic E-state index is 13.6. The standard InChI is InChI=1S/C10H12FN5O2S/c1-16-6-13-15-10(16)5-14-19(17,18)9-3-2-7(12)4-8(9)11/h2-4,6,14H,5,12H2,1H3. The summed E-state index contributed by atoms with van der Waals surface area (Å²) in [6.07, 6.45) is 1.44. The zero-order valence-electron chi connectivity index (χ0n) is 10.0. The lowest BCUT2D eigenvalue weighted by Crippen LogP contribution is -2.25. The van der Waals surface area contributed by atoms with Crippen LogP contribution >= 0.6 is 0 Å². The molecule has 3 N–H and O–H groups in total. The van der Waals surface area contributed by atoms with Crippen LogP contribution in [0.1, 0.15) is 5.82 Å². The van der Waals surface area contributed by atoms with E-state index in [0.29, 0.717) is 5.82 Å². The van der Waals surface area contributed by atoms with E-state index < -0.39 is 20.7 Å². The molecule has 7 nitrogen and oxygen atoms in total. The number of nitrogen functional groups attached to an aromatic ring is 1. The number of nitrogens with two attached hydrogens (primary N) is 1. The van der Waals surface area contributed by atoms with E-state index in [1.54, 1.807) is 11.6 Å². The Morgan fingerprint density at radius 1 is 1.47 bits per heavy atom. The fraction of sp³-hybridized carbons (Fsp3) is 0.200. The van der Waals surface area contributed by atoms with Gasteiger partial charge in [0.15, 0.2) is 0 Å². The van der Waals surface area contributed by atoms with Crippen molar-refractivity contribution in [3.05, 3.63) is 36.2 Å². The van der Waals surface area contributed by atoms with Crippen molar-refractivity contribution in [3.8, 4) is 0 Å². The van der Waals surface area contributed by atoms with E-state index in [2.05, 4.69) is 14.9 Å². The minimum Gasteiger partial charge on any atom is -0.399 e. The van der Waals surface area contributed by atoms with E-state index in [1.807, 2.05) is 0 Å². The third-order valence-electron chi connectivity index (χ3n) is 2.47. The Labute approximate surface area is 109 Å². The molecule has 9 heteroatoms. The summed E-state index contributed by atoms with van der Waals surface area (Å²) < 4.78 is 41.2. The van der Waals surface area contributed by atoms with E-state index in [0.717, 1.165) is 12.1 Å². The molecule has 0 atom stereocenters. The predicted molar refractivity (Wildman–Crippen MR) is 65.8 cm³/mol. The van der Waals surface area contributed by atoms with E-state index in [9.17, 15) is 12.8 Å². The minimum atomic E-state index is -3.96. The lowest BCUT2D eigenvalue weighted by atomic mass is 10.3. The molecule has 1 heterocycles. The predicted octanol–water partition coefficient (Wildman–Crippen LogP) is 0.0149. The Kier molecular flexibility index (Phi) is 3.49. The number of anilines is 1. The van der Waals surface area contributed by atoms with Gasteiger partial charge in [0, 0.05) is 12.7 Å². The first kappa shape index (κ1) is 13.4. The van der Waals surface area contributed by atoms with Gasteiger partial charge in [-0.25, -0.2) is 17.5 Å². The average molecular weight is 285 g/mol. The van der Waals surface area contributed by atoms with Crippen LogP contribution in [0, 0.1) is 5.82 Å². The van der Waals surface area contributed by atoms with Crippen molar-refractivity contribution in [3.63, 3.8) is 0 Å². The topological polar surface area (TPSA) is 103 Å². The lowest BCUT2D eigenvalue weighted by molar-refractivity contribution is 0.554. The van der Waals surface area contributed by atoms with Crippen LogP contribution in [0.3, 0.4) is 0 Å². The summed E-state index contributed by atoms with van der Waals surface area (Å²) in [6, 6.07) is 3.39. The molecule has 1 aromatic carbocycles. The lowest BCUT2D eigenvalue weighted by Gasteiger charge is -2.07.